The normalized spacial score (nSPS) is 12.4. The maximum atomic E-state index is 12.8. The Hall–Kier alpha value is -3.42. The Kier molecular flexibility index (Phi) is 3.44. The van der Waals surface area contributed by atoms with Crippen LogP contribution in [0.15, 0.2) is 24.3 Å². The molecule has 8 heteroatoms. The summed E-state index contributed by atoms with van der Waals surface area (Å²) in [5, 5.41) is 11.4. The van der Waals surface area contributed by atoms with Gasteiger partial charge in [0.15, 0.2) is 23.0 Å². The number of hydrogen-bond donors (Lipinski definition) is 1. The maximum Gasteiger partial charge on any atom is 0.338 e. The van der Waals surface area contributed by atoms with Gasteiger partial charge in [0.05, 0.1) is 30.3 Å². The quantitative estimate of drug-likeness (QED) is 0.443. The Labute approximate surface area is 135 Å². The second-order valence-electron chi connectivity index (χ2n) is 5.04. The molecule has 1 aliphatic carbocycles. The molecule has 0 atom stereocenters. The molecule has 0 aromatic heterocycles. The summed E-state index contributed by atoms with van der Waals surface area (Å²) in [6, 6.07) is 6.20. The highest BCUT2D eigenvalue weighted by Gasteiger charge is 2.41. The molecule has 24 heavy (non-hydrogen) atoms. The highest BCUT2D eigenvalue weighted by atomic mass is 16.6. The number of fused-ring (bicyclic) bond motifs is 2. The summed E-state index contributed by atoms with van der Waals surface area (Å²) in [4.78, 5) is 36.3. The summed E-state index contributed by atoms with van der Waals surface area (Å²) in [6.45, 7) is 0. The first kappa shape index (κ1) is 15.5. The van der Waals surface area contributed by atoms with E-state index in [1.54, 1.807) is 12.1 Å². The summed E-state index contributed by atoms with van der Waals surface area (Å²) in [5.74, 6) is -1.61. The molecule has 0 bridgehead atoms. The van der Waals surface area contributed by atoms with Crippen LogP contribution in [0.2, 0.25) is 0 Å². The van der Waals surface area contributed by atoms with Crippen molar-refractivity contribution in [3.05, 3.63) is 56.6 Å². The first-order chi connectivity index (χ1) is 11.4. The van der Waals surface area contributed by atoms with Crippen LogP contribution in [0.3, 0.4) is 0 Å². The van der Waals surface area contributed by atoms with E-state index in [1.165, 1.54) is 26.4 Å². The van der Waals surface area contributed by atoms with Crippen molar-refractivity contribution in [2.75, 3.05) is 20.0 Å². The zero-order chi connectivity index (χ0) is 17.6. The number of carbonyl (C=O) groups is 2. The molecule has 0 aliphatic heterocycles. The average molecular weight is 328 g/mol. The molecule has 0 heterocycles. The molecule has 2 N–H and O–H groups in total. The maximum absolute atomic E-state index is 12.8. The van der Waals surface area contributed by atoms with Gasteiger partial charge in [-0.15, -0.1) is 0 Å². The van der Waals surface area contributed by atoms with E-state index in [2.05, 4.69) is 0 Å². The van der Waals surface area contributed by atoms with Crippen molar-refractivity contribution in [3.8, 4) is 11.5 Å². The van der Waals surface area contributed by atoms with E-state index in [-0.39, 0.29) is 39.4 Å². The fraction of sp³-hybridized carbons (Fsp3) is 0.125. The Balaban J connectivity index is 2.50. The molecule has 1 aliphatic rings. The minimum absolute atomic E-state index is 0.124. The lowest BCUT2D eigenvalue weighted by molar-refractivity contribution is -0.384. The van der Waals surface area contributed by atoms with Crippen LogP contribution in [-0.4, -0.2) is 30.7 Å². The molecule has 0 unspecified atom stereocenters. The Morgan fingerprint density at radius 3 is 1.83 bits per heavy atom. The van der Waals surface area contributed by atoms with E-state index in [0.29, 0.717) is 0 Å². The fourth-order valence-corrected chi connectivity index (χ4v) is 2.88. The molecule has 3 rings (SSSR count). The van der Waals surface area contributed by atoms with Gasteiger partial charge in [-0.05, 0) is 0 Å². The minimum Gasteiger partial charge on any atom is -0.494 e. The lowest BCUT2D eigenvalue weighted by Crippen LogP contribution is -2.24. The van der Waals surface area contributed by atoms with Crippen molar-refractivity contribution in [2.45, 2.75) is 0 Å². The van der Waals surface area contributed by atoms with Gasteiger partial charge in [0.2, 0.25) is 5.75 Å². The van der Waals surface area contributed by atoms with Crippen LogP contribution in [0.1, 0.15) is 31.8 Å². The first-order valence-corrected chi connectivity index (χ1v) is 6.84. The summed E-state index contributed by atoms with van der Waals surface area (Å²) in [5.41, 5.74) is 4.85. The van der Waals surface area contributed by atoms with E-state index in [9.17, 15) is 19.7 Å². The van der Waals surface area contributed by atoms with Crippen LogP contribution in [0.5, 0.6) is 11.5 Å². The van der Waals surface area contributed by atoms with Gasteiger partial charge >= 0.3 is 5.69 Å². The predicted octanol–water partition coefficient (Wildman–Crippen LogP) is 1.97. The molecule has 0 radical (unpaired) electrons. The lowest BCUT2D eigenvalue weighted by atomic mass is 9.82. The molecule has 8 nitrogen and oxygen atoms in total. The van der Waals surface area contributed by atoms with E-state index < -0.39 is 22.2 Å². The van der Waals surface area contributed by atoms with Crippen LogP contribution >= 0.6 is 0 Å². The van der Waals surface area contributed by atoms with Crippen molar-refractivity contribution in [3.63, 3.8) is 0 Å². The number of nitro groups is 1. The molecule has 0 saturated heterocycles. The summed E-state index contributed by atoms with van der Waals surface area (Å²) >= 11 is 0. The molecule has 2 aromatic rings. The van der Waals surface area contributed by atoms with E-state index >= 15 is 0 Å². The molecular weight excluding hydrogens is 316 g/mol. The number of nitrogen functional groups attached to an aromatic ring is 1. The third-order valence-electron chi connectivity index (χ3n) is 3.88. The van der Waals surface area contributed by atoms with Crippen LogP contribution in [-0.2, 0) is 0 Å². The van der Waals surface area contributed by atoms with Gasteiger partial charge in [-0.3, -0.25) is 19.7 Å². The van der Waals surface area contributed by atoms with Crippen LogP contribution in [0.25, 0.3) is 0 Å². The number of ether oxygens (including phenoxy) is 2. The number of nitrogens with two attached hydrogens (primary N) is 1. The van der Waals surface area contributed by atoms with Gasteiger partial charge in [0, 0.05) is 11.1 Å². The second-order valence-corrected chi connectivity index (χ2v) is 5.04. The van der Waals surface area contributed by atoms with E-state index in [4.69, 9.17) is 15.2 Å². The van der Waals surface area contributed by atoms with Crippen molar-refractivity contribution in [2.24, 2.45) is 0 Å². The predicted molar refractivity (Wildman–Crippen MR) is 83.9 cm³/mol. The van der Waals surface area contributed by atoms with E-state index in [1.807, 2.05) is 0 Å². The Morgan fingerprint density at radius 1 is 0.958 bits per heavy atom. The number of anilines is 1. The van der Waals surface area contributed by atoms with Crippen molar-refractivity contribution < 1.29 is 24.0 Å². The largest absolute Gasteiger partial charge is 0.494 e. The number of nitrogens with zero attached hydrogens (tertiary/aromatic N) is 1. The van der Waals surface area contributed by atoms with Crippen LogP contribution in [0.4, 0.5) is 11.4 Å². The second kappa shape index (κ2) is 5.34. The van der Waals surface area contributed by atoms with E-state index in [0.717, 1.165) is 0 Å². The molecule has 122 valence electrons. The SMILES string of the molecule is COc1c(N)c([N+](=O)[O-])c(OC)c2c1C(=O)c1ccccc1C2=O. The number of rotatable bonds is 3. The van der Waals surface area contributed by atoms with Gasteiger partial charge in [0.25, 0.3) is 0 Å². The number of benzene rings is 2. The number of hydrogen-bond acceptors (Lipinski definition) is 7. The number of ketones is 2. The minimum atomic E-state index is -0.769. The molecule has 0 fully saturated rings. The fourth-order valence-electron chi connectivity index (χ4n) is 2.88. The van der Waals surface area contributed by atoms with Gasteiger partial charge in [-0.1, -0.05) is 24.3 Å². The smallest absolute Gasteiger partial charge is 0.338 e. The number of methoxy groups -OCH3 is 2. The number of carbonyl (C=O) groups excluding carboxylic acids is 2. The Bertz CT molecular complexity index is 919. The zero-order valence-electron chi connectivity index (χ0n) is 12.8. The number of nitro benzene ring substituents is 1. The summed E-state index contributed by atoms with van der Waals surface area (Å²) in [7, 11) is 2.40. The van der Waals surface area contributed by atoms with Gasteiger partial charge in [0.1, 0.15) is 0 Å². The van der Waals surface area contributed by atoms with Crippen molar-refractivity contribution >= 4 is 22.9 Å². The molecule has 0 amide bonds. The highest BCUT2D eigenvalue weighted by Crippen LogP contribution is 2.49. The third-order valence-corrected chi connectivity index (χ3v) is 3.88. The first-order valence-electron chi connectivity index (χ1n) is 6.84. The standard InChI is InChI=1S/C16H12N2O6/c1-23-15-9-10(16(24-2)12(11(15)17)18(21)22)14(20)8-6-4-3-5-7(8)13(9)19/h3-6H,17H2,1-2H3. The third kappa shape index (κ3) is 1.86. The zero-order valence-corrected chi connectivity index (χ0v) is 12.8. The highest BCUT2D eigenvalue weighted by molar-refractivity contribution is 6.31. The molecule has 0 saturated carbocycles. The lowest BCUT2D eigenvalue weighted by Gasteiger charge is -2.22. The van der Waals surface area contributed by atoms with Gasteiger partial charge in [-0.2, -0.15) is 0 Å². The summed E-state index contributed by atoms with van der Waals surface area (Å²) in [6.07, 6.45) is 0. The molecule has 2 aromatic carbocycles. The monoisotopic (exact) mass is 328 g/mol. The van der Waals surface area contributed by atoms with Crippen molar-refractivity contribution in [1.29, 1.82) is 0 Å². The topological polar surface area (TPSA) is 122 Å². The summed E-state index contributed by atoms with van der Waals surface area (Å²) < 4.78 is 10.2. The molecular formula is C16H12N2O6. The molecule has 0 spiro atoms. The van der Waals surface area contributed by atoms with Crippen LogP contribution in [0, 0.1) is 10.1 Å². The van der Waals surface area contributed by atoms with Gasteiger partial charge < -0.3 is 15.2 Å². The average Bonchev–Trinajstić information content (AvgIpc) is 2.58. The van der Waals surface area contributed by atoms with Crippen molar-refractivity contribution in [1.82, 2.24) is 0 Å². The van der Waals surface area contributed by atoms with Gasteiger partial charge in [-0.25, -0.2) is 0 Å². The Morgan fingerprint density at radius 2 is 1.42 bits per heavy atom. The van der Waals surface area contributed by atoms with Crippen LogP contribution < -0.4 is 15.2 Å².